The molecule has 33 heavy (non-hydrogen) atoms. The number of pyridine rings is 1. The van der Waals surface area contributed by atoms with Gasteiger partial charge in [0.15, 0.2) is 5.82 Å². The molecule has 5 nitrogen and oxygen atoms in total. The van der Waals surface area contributed by atoms with Gasteiger partial charge in [0.05, 0.1) is 11.2 Å². The summed E-state index contributed by atoms with van der Waals surface area (Å²) in [6.07, 6.45) is 1.13. The molecule has 4 aromatic rings. The summed E-state index contributed by atoms with van der Waals surface area (Å²) < 4.78 is 30.7. The van der Waals surface area contributed by atoms with Crippen molar-refractivity contribution in [1.29, 1.82) is 0 Å². The van der Waals surface area contributed by atoms with Crippen LogP contribution in [0, 0.1) is 0 Å². The number of hydrogen-bond acceptors (Lipinski definition) is 6. The van der Waals surface area contributed by atoms with Gasteiger partial charge in [-0.25, -0.2) is 23.7 Å². The Labute approximate surface area is 195 Å². The molecular formula is C25H23F2N5S. The molecule has 8 heteroatoms. The van der Waals surface area contributed by atoms with Gasteiger partial charge in [-0.2, -0.15) is 0 Å². The van der Waals surface area contributed by atoms with Crippen LogP contribution in [0.3, 0.4) is 0 Å². The second-order valence-electron chi connectivity index (χ2n) is 8.04. The number of rotatable bonds is 6. The van der Waals surface area contributed by atoms with Crippen LogP contribution in [0.25, 0.3) is 22.3 Å². The quantitative estimate of drug-likeness (QED) is 0.369. The van der Waals surface area contributed by atoms with E-state index >= 15 is 0 Å². The zero-order valence-electron chi connectivity index (χ0n) is 17.9. The van der Waals surface area contributed by atoms with Gasteiger partial charge < -0.3 is 4.90 Å². The van der Waals surface area contributed by atoms with Crippen molar-refractivity contribution < 1.29 is 8.78 Å². The molecule has 1 aliphatic rings. The van der Waals surface area contributed by atoms with Crippen LogP contribution in [0.15, 0.2) is 78.0 Å². The molecule has 0 atom stereocenters. The molecule has 0 saturated carbocycles. The number of nitrogens with zero attached hydrogens (tertiary/aromatic N) is 4. The first-order valence-corrected chi connectivity index (χ1v) is 11.7. The number of benzene rings is 2. The van der Waals surface area contributed by atoms with Crippen LogP contribution in [0.4, 0.5) is 14.6 Å². The fourth-order valence-corrected chi connectivity index (χ4v) is 4.62. The van der Waals surface area contributed by atoms with Gasteiger partial charge >= 0.3 is 0 Å². The number of fused-ring (bicyclic) bond motifs is 1. The molecule has 1 saturated heterocycles. The van der Waals surface area contributed by atoms with Gasteiger partial charge in [0, 0.05) is 42.9 Å². The average Bonchev–Trinajstić information content (AvgIpc) is 2.84. The maximum Gasteiger partial charge on any atom is 0.251 e. The number of hydrogen-bond donors (Lipinski definition) is 1. The highest BCUT2D eigenvalue weighted by atomic mass is 32.2. The van der Waals surface area contributed by atoms with Crippen molar-refractivity contribution in [1.82, 2.24) is 19.7 Å². The smallest absolute Gasteiger partial charge is 0.251 e. The minimum absolute atomic E-state index is 0.173. The first-order valence-electron chi connectivity index (χ1n) is 10.9. The van der Waals surface area contributed by atoms with E-state index in [0.29, 0.717) is 16.9 Å². The maximum atomic E-state index is 13.6. The Kier molecular flexibility index (Phi) is 6.20. The van der Waals surface area contributed by atoms with Crippen molar-refractivity contribution >= 4 is 28.8 Å². The summed E-state index contributed by atoms with van der Waals surface area (Å²) in [7, 11) is 0. The molecule has 0 aliphatic carbocycles. The van der Waals surface area contributed by atoms with Crippen LogP contribution in [-0.2, 0) is 6.54 Å². The summed E-state index contributed by atoms with van der Waals surface area (Å²) in [6.45, 7) is 1.27. The fourth-order valence-electron chi connectivity index (χ4n) is 3.88. The SMILES string of the molecule is FC1(F)CCN(c2ncnc3ccc(-c4cccc(SNCc5ccccc5)c4)nc23)CC1. The molecule has 0 amide bonds. The minimum atomic E-state index is -2.61. The second kappa shape index (κ2) is 9.41. The molecule has 0 unspecified atom stereocenters. The first kappa shape index (κ1) is 21.7. The van der Waals surface area contributed by atoms with Gasteiger partial charge in [-0.05, 0) is 41.8 Å². The van der Waals surface area contributed by atoms with Gasteiger partial charge in [0.1, 0.15) is 11.8 Å². The number of halogens is 2. The highest BCUT2D eigenvalue weighted by Gasteiger charge is 2.35. The molecule has 0 bridgehead atoms. The van der Waals surface area contributed by atoms with E-state index in [0.717, 1.165) is 22.7 Å². The predicted molar refractivity (Wildman–Crippen MR) is 128 cm³/mol. The molecule has 1 fully saturated rings. The van der Waals surface area contributed by atoms with E-state index < -0.39 is 5.92 Å². The lowest BCUT2D eigenvalue weighted by atomic mass is 10.1. The van der Waals surface area contributed by atoms with Crippen molar-refractivity contribution in [2.24, 2.45) is 0 Å². The van der Waals surface area contributed by atoms with E-state index in [4.69, 9.17) is 4.98 Å². The first-order chi connectivity index (χ1) is 16.1. The van der Waals surface area contributed by atoms with Gasteiger partial charge in [-0.15, -0.1) is 0 Å². The summed E-state index contributed by atoms with van der Waals surface area (Å²) >= 11 is 1.57. The Morgan fingerprint density at radius 3 is 2.58 bits per heavy atom. The van der Waals surface area contributed by atoms with E-state index in [1.165, 1.54) is 11.9 Å². The zero-order chi connectivity index (χ0) is 22.7. The number of anilines is 1. The van der Waals surface area contributed by atoms with Gasteiger partial charge in [0.2, 0.25) is 0 Å². The van der Waals surface area contributed by atoms with Crippen molar-refractivity contribution in [2.75, 3.05) is 18.0 Å². The monoisotopic (exact) mass is 463 g/mol. The van der Waals surface area contributed by atoms with E-state index in [2.05, 4.69) is 39.0 Å². The van der Waals surface area contributed by atoms with E-state index in [1.54, 1.807) is 11.9 Å². The predicted octanol–water partition coefficient (Wildman–Crippen LogP) is 5.72. The van der Waals surface area contributed by atoms with E-state index in [1.807, 2.05) is 47.4 Å². The molecule has 1 aliphatic heterocycles. The van der Waals surface area contributed by atoms with Crippen molar-refractivity contribution in [3.05, 3.63) is 78.6 Å². The van der Waals surface area contributed by atoms with Gasteiger partial charge in [0.25, 0.3) is 5.92 Å². The largest absolute Gasteiger partial charge is 0.354 e. The van der Waals surface area contributed by atoms with Gasteiger partial charge in [-0.1, -0.05) is 42.5 Å². The Bertz CT molecular complexity index is 1240. The standard InChI is InChI=1S/C25H23F2N5S/c26-25(27)11-13-32(14-12-25)24-23-22(28-17-29-24)10-9-21(31-23)19-7-4-8-20(15-19)33-30-16-18-5-2-1-3-6-18/h1-10,15,17,30H,11-14,16H2. The lowest BCUT2D eigenvalue weighted by Crippen LogP contribution is -2.39. The maximum absolute atomic E-state index is 13.6. The Morgan fingerprint density at radius 1 is 0.939 bits per heavy atom. The van der Waals surface area contributed by atoms with Crippen molar-refractivity contribution in [2.45, 2.75) is 30.2 Å². The fraction of sp³-hybridized carbons (Fsp3) is 0.240. The lowest BCUT2D eigenvalue weighted by Gasteiger charge is -2.32. The molecule has 168 valence electrons. The molecule has 2 aromatic carbocycles. The summed E-state index contributed by atoms with van der Waals surface area (Å²) in [6, 6.07) is 22.2. The molecule has 5 rings (SSSR count). The molecular weight excluding hydrogens is 440 g/mol. The van der Waals surface area contributed by atoms with Crippen LogP contribution < -0.4 is 9.62 Å². The number of aromatic nitrogens is 3. The van der Waals surface area contributed by atoms with Crippen molar-refractivity contribution in [3.63, 3.8) is 0 Å². The lowest BCUT2D eigenvalue weighted by molar-refractivity contribution is -0.0221. The van der Waals surface area contributed by atoms with Crippen LogP contribution in [0.1, 0.15) is 18.4 Å². The molecule has 0 radical (unpaired) electrons. The zero-order valence-corrected chi connectivity index (χ0v) is 18.7. The van der Waals surface area contributed by atoms with Crippen LogP contribution in [0.5, 0.6) is 0 Å². The Hall–Kier alpha value is -3.10. The minimum Gasteiger partial charge on any atom is -0.354 e. The number of nitrogens with one attached hydrogen (secondary N) is 1. The summed E-state index contributed by atoms with van der Waals surface area (Å²) in [4.78, 5) is 16.5. The van der Waals surface area contributed by atoms with Crippen molar-refractivity contribution in [3.8, 4) is 11.3 Å². The third-order valence-corrected chi connectivity index (χ3v) is 6.47. The molecule has 1 N–H and O–H groups in total. The summed E-state index contributed by atoms with van der Waals surface area (Å²) in [5.74, 6) is -1.99. The molecule has 0 spiro atoms. The number of piperidine rings is 1. The van der Waals surface area contributed by atoms with E-state index in [-0.39, 0.29) is 25.9 Å². The average molecular weight is 464 g/mol. The Morgan fingerprint density at radius 2 is 1.76 bits per heavy atom. The second-order valence-corrected chi connectivity index (χ2v) is 9.01. The number of alkyl halides is 2. The Balaban J connectivity index is 1.37. The normalized spacial score (nSPS) is 15.6. The van der Waals surface area contributed by atoms with Crippen LogP contribution in [-0.4, -0.2) is 34.0 Å². The topological polar surface area (TPSA) is 53.9 Å². The molecule has 2 aromatic heterocycles. The van der Waals surface area contributed by atoms with E-state index in [9.17, 15) is 8.78 Å². The van der Waals surface area contributed by atoms with Crippen LogP contribution in [0.2, 0.25) is 0 Å². The highest BCUT2D eigenvalue weighted by Crippen LogP contribution is 2.33. The molecule has 3 heterocycles. The third-order valence-electron chi connectivity index (χ3n) is 5.70. The summed E-state index contributed by atoms with van der Waals surface area (Å²) in [5.41, 5.74) is 4.34. The van der Waals surface area contributed by atoms with Gasteiger partial charge in [-0.3, -0.25) is 4.72 Å². The van der Waals surface area contributed by atoms with Crippen LogP contribution >= 0.6 is 11.9 Å². The highest BCUT2D eigenvalue weighted by molar-refractivity contribution is 7.97. The third kappa shape index (κ3) is 5.12. The summed E-state index contributed by atoms with van der Waals surface area (Å²) in [5, 5.41) is 0.